The minimum absolute atomic E-state index is 0.0858. The Bertz CT molecular complexity index is 3670. The summed E-state index contributed by atoms with van der Waals surface area (Å²) in [5.74, 6) is 0. The molecule has 4 heterocycles. The number of fused-ring (bicyclic) bond motifs is 14. The van der Waals surface area contributed by atoms with Crippen LogP contribution in [0.3, 0.4) is 0 Å². The van der Waals surface area contributed by atoms with Crippen LogP contribution in [0.2, 0.25) is 0 Å². The van der Waals surface area contributed by atoms with Crippen molar-refractivity contribution in [1.82, 2.24) is 4.57 Å². The first kappa shape index (κ1) is 34.7. The van der Waals surface area contributed by atoms with Gasteiger partial charge in [0, 0.05) is 79.3 Å². The third-order valence-electron chi connectivity index (χ3n) is 13.6. The molecule has 8 aromatic carbocycles. The molecule has 1 aliphatic heterocycles. The monoisotopic (exact) mass is 803 g/mol. The molecule has 3 aromatic heterocycles. The van der Waals surface area contributed by atoms with Gasteiger partial charge in [-0.3, -0.25) is 0 Å². The second kappa shape index (κ2) is 12.0. The van der Waals surface area contributed by atoms with Crippen molar-refractivity contribution in [3.63, 3.8) is 0 Å². The van der Waals surface area contributed by atoms with Crippen LogP contribution in [0, 0.1) is 0 Å². The van der Waals surface area contributed by atoms with Gasteiger partial charge >= 0.3 is 0 Å². The second-order valence-corrected chi connectivity index (χ2v) is 20.6. The van der Waals surface area contributed by atoms with Crippen LogP contribution in [0.1, 0.15) is 51.3 Å². The highest BCUT2D eigenvalue weighted by Crippen LogP contribution is 2.52. The minimum Gasteiger partial charge on any atom is -0.355 e. The summed E-state index contributed by atoms with van der Waals surface area (Å²) in [5.41, 5.74) is 17.8. The fraction of sp³-hybridized carbons (Fsp3) is 0.127. The maximum absolute atomic E-state index is 3.94. The number of hydrogen-bond donors (Lipinski definition) is 1. The van der Waals surface area contributed by atoms with E-state index in [2.05, 4.69) is 197 Å². The molecule has 0 unspecified atom stereocenters. The van der Waals surface area contributed by atoms with Gasteiger partial charge in [0.25, 0.3) is 0 Å². The lowest BCUT2D eigenvalue weighted by molar-refractivity contribution is 0.590. The lowest BCUT2D eigenvalue weighted by atomic mass is 9.59. The molecule has 11 aromatic rings. The maximum atomic E-state index is 3.94. The quantitative estimate of drug-likeness (QED) is 0.176. The molecular weight excluding hydrogens is 764 g/mol. The number of anilines is 2. The molecule has 285 valence electrons. The average Bonchev–Trinajstić information content (AvgIpc) is 3.96. The first-order valence-corrected chi connectivity index (χ1v) is 22.6. The molecule has 0 fully saturated rings. The summed E-state index contributed by atoms with van der Waals surface area (Å²) in [6.07, 6.45) is 0. The summed E-state index contributed by atoms with van der Waals surface area (Å²) in [4.78, 5) is 0. The van der Waals surface area contributed by atoms with E-state index < -0.39 is 0 Å². The molecule has 13 rings (SSSR count). The highest BCUT2D eigenvalue weighted by molar-refractivity contribution is 7.26. The fourth-order valence-corrected chi connectivity index (χ4v) is 12.8. The van der Waals surface area contributed by atoms with Gasteiger partial charge in [-0.15, -0.1) is 22.7 Å². The molecule has 0 atom stereocenters. The van der Waals surface area contributed by atoms with Gasteiger partial charge in [-0.1, -0.05) is 131 Å². The Labute approximate surface area is 358 Å². The number of rotatable bonds is 3. The molecule has 5 heteroatoms. The van der Waals surface area contributed by atoms with Crippen molar-refractivity contribution in [2.75, 3.05) is 5.32 Å². The van der Waals surface area contributed by atoms with Gasteiger partial charge in [-0.2, -0.15) is 0 Å². The molecule has 2 aliphatic rings. The third kappa shape index (κ3) is 4.76. The first-order chi connectivity index (χ1) is 29.1. The van der Waals surface area contributed by atoms with E-state index in [4.69, 9.17) is 0 Å². The number of nitrogens with one attached hydrogen (secondary N) is 1. The summed E-state index contributed by atoms with van der Waals surface area (Å²) in [7, 11) is 2.49. The Morgan fingerprint density at radius 1 is 0.533 bits per heavy atom. The van der Waals surface area contributed by atoms with Crippen molar-refractivity contribution < 1.29 is 0 Å². The van der Waals surface area contributed by atoms with E-state index in [0.29, 0.717) is 0 Å². The fourth-order valence-electron chi connectivity index (χ4n) is 10.5. The van der Waals surface area contributed by atoms with Crippen LogP contribution in [0.4, 0.5) is 11.4 Å². The number of benzene rings is 8. The second-order valence-electron chi connectivity index (χ2n) is 18.4. The SMILES string of the molecule is CC(C)(C)c1ccc(Nc2cc3sc4ccccc4c3cc2-c2ccc3c4cc5c(cc4n4c3c2[B]c2cc3c(cc2-4)sc2ccccc23)-c2ccccc2C5(C)C)cc1. The summed E-state index contributed by atoms with van der Waals surface area (Å²) < 4.78 is 7.86. The van der Waals surface area contributed by atoms with Crippen LogP contribution in [0.15, 0.2) is 146 Å². The summed E-state index contributed by atoms with van der Waals surface area (Å²) in [6, 6.07) is 55.3. The molecule has 0 saturated heterocycles. The van der Waals surface area contributed by atoms with Gasteiger partial charge in [0.05, 0.1) is 5.52 Å². The predicted octanol–water partition coefficient (Wildman–Crippen LogP) is 14.5. The van der Waals surface area contributed by atoms with Crippen molar-refractivity contribution in [2.24, 2.45) is 0 Å². The lowest BCUT2D eigenvalue weighted by Crippen LogP contribution is -2.37. The topological polar surface area (TPSA) is 17.0 Å². The van der Waals surface area contributed by atoms with Gasteiger partial charge in [0.1, 0.15) is 0 Å². The molecule has 0 bridgehead atoms. The number of aromatic nitrogens is 1. The zero-order valence-corrected chi connectivity index (χ0v) is 35.8. The number of nitrogens with zero attached hydrogens (tertiary/aromatic N) is 1. The maximum Gasteiger partial charge on any atom is 0.197 e. The highest BCUT2D eigenvalue weighted by atomic mass is 32.1. The zero-order chi connectivity index (χ0) is 40.2. The van der Waals surface area contributed by atoms with Crippen molar-refractivity contribution in [3.05, 3.63) is 162 Å². The van der Waals surface area contributed by atoms with Crippen LogP contribution in [-0.2, 0) is 10.8 Å². The van der Waals surface area contributed by atoms with Crippen LogP contribution in [-0.4, -0.2) is 11.8 Å². The standard InChI is InChI=1S/C55H40BN2S2/c1-54(2,3)30-18-20-31(21-19-30)57-45-28-50-40(33-13-7-10-16-48(33)59-50)24-38(45)35-22-23-36-39-25-43-37(32-12-6-9-15-42(32)55(43,4)5)27-46(39)58-47-29-51-41(26-44(47)56-52(35)53(36)58)34-14-8-11-17-49(34)60-51/h6-29,57H,1-5H3. The van der Waals surface area contributed by atoms with Gasteiger partial charge in [0.15, 0.2) is 7.28 Å². The molecule has 1 aliphatic carbocycles. The van der Waals surface area contributed by atoms with Crippen LogP contribution in [0.25, 0.3) is 90.1 Å². The van der Waals surface area contributed by atoms with E-state index in [1.54, 1.807) is 0 Å². The highest BCUT2D eigenvalue weighted by Gasteiger charge is 2.37. The molecular formula is C55H40BN2S2. The minimum atomic E-state index is -0.0882. The molecule has 0 amide bonds. The largest absolute Gasteiger partial charge is 0.355 e. The van der Waals surface area contributed by atoms with Crippen molar-refractivity contribution in [3.8, 4) is 27.9 Å². The summed E-state index contributed by atoms with van der Waals surface area (Å²) >= 11 is 3.77. The van der Waals surface area contributed by atoms with Gasteiger partial charge in [0.2, 0.25) is 0 Å². The predicted molar refractivity (Wildman–Crippen MR) is 263 cm³/mol. The smallest absolute Gasteiger partial charge is 0.197 e. The number of thiophene rings is 2. The summed E-state index contributed by atoms with van der Waals surface area (Å²) in [6.45, 7) is 11.6. The molecule has 1 N–H and O–H groups in total. The van der Waals surface area contributed by atoms with Crippen LogP contribution < -0.4 is 16.2 Å². The van der Waals surface area contributed by atoms with E-state index in [1.165, 1.54) is 118 Å². The van der Waals surface area contributed by atoms with E-state index in [-0.39, 0.29) is 10.8 Å². The Morgan fingerprint density at radius 2 is 1.22 bits per heavy atom. The van der Waals surface area contributed by atoms with E-state index in [9.17, 15) is 0 Å². The zero-order valence-electron chi connectivity index (χ0n) is 34.2. The molecule has 60 heavy (non-hydrogen) atoms. The lowest BCUT2D eigenvalue weighted by Gasteiger charge is -2.24. The Kier molecular flexibility index (Phi) is 6.94. The van der Waals surface area contributed by atoms with E-state index in [0.717, 1.165) is 11.4 Å². The van der Waals surface area contributed by atoms with Gasteiger partial charge in [-0.25, -0.2) is 0 Å². The first-order valence-electron chi connectivity index (χ1n) is 21.0. The average molecular weight is 804 g/mol. The van der Waals surface area contributed by atoms with Crippen LogP contribution >= 0.6 is 22.7 Å². The normalized spacial score (nSPS) is 14.0. The third-order valence-corrected chi connectivity index (χ3v) is 15.8. The Hall–Kier alpha value is -6.14. The van der Waals surface area contributed by atoms with Crippen molar-refractivity contribution >= 4 is 114 Å². The molecule has 2 nitrogen and oxygen atoms in total. The van der Waals surface area contributed by atoms with E-state index in [1.807, 2.05) is 22.7 Å². The number of hydrogen-bond acceptors (Lipinski definition) is 3. The van der Waals surface area contributed by atoms with Gasteiger partial charge < -0.3 is 9.88 Å². The van der Waals surface area contributed by atoms with E-state index >= 15 is 0 Å². The molecule has 1 radical (unpaired) electrons. The molecule has 0 spiro atoms. The van der Waals surface area contributed by atoms with Crippen molar-refractivity contribution in [1.29, 1.82) is 0 Å². The van der Waals surface area contributed by atoms with Crippen molar-refractivity contribution in [2.45, 2.75) is 45.4 Å². The Morgan fingerprint density at radius 3 is 1.97 bits per heavy atom. The molecule has 0 saturated carbocycles. The Balaban J connectivity index is 1.11. The van der Waals surface area contributed by atoms with Gasteiger partial charge in [-0.05, 0) is 104 Å². The van der Waals surface area contributed by atoms with Crippen LogP contribution in [0.5, 0.6) is 0 Å². The summed E-state index contributed by atoms with van der Waals surface area (Å²) in [5, 5.41) is 11.8.